The molecule has 0 spiro atoms. The fourth-order valence-corrected chi connectivity index (χ4v) is 2.40. The van der Waals surface area contributed by atoms with Gasteiger partial charge in [-0.25, -0.2) is 10.2 Å². The molecule has 0 aliphatic rings. The van der Waals surface area contributed by atoms with Crippen molar-refractivity contribution in [3.05, 3.63) is 65.4 Å². The van der Waals surface area contributed by atoms with Gasteiger partial charge in [-0.2, -0.15) is 20.5 Å². The van der Waals surface area contributed by atoms with E-state index in [-0.39, 0.29) is 6.03 Å². The van der Waals surface area contributed by atoms with Gasteiger partial charge in [0.2, 0.25) is 0 Å². The van der Waals surface area contributed by atoms with Gasteiger partial charge in [-0.3, -0.25) is 0 Å². The average Bonchev–Trinajstić information content (AvgIpc) is 3.13. The standard InChI is InChI=1S/C18H18N6O/c1-12-4-3-5-13(2)17(12)21-18(25)23-19-10-14-6-8-15(9-7-14)16-11-20-24-22-16/h3-11H,1-2H3,(H,20,22,24)(H2,21,23,25). The summed E-state index contributed by atoms with van der Waals surface area (Å²) >= 11 is 0. The lowest BCUT2D eigenvalue weighted by Crippen LogP contribution is -2.25. The molecular weight excluding hydrogens is 316 g/mol. The van der Waals surface area contributed by atoms with Crippen LogP contribution in [0.1, 0.15) is 16.7 Å². The first-order valence-corrected chi connectivity index (χ1v) is 7.76. The molecule has 0 atom stereocenters. The van der Waals surface area contributed by atoms with Gasteiger partial charge in [-0.1, -0.05) is 42.5 Å². The van der Waals surface area contributed by atoms with Gasteiger partial charge in [0.25, 0.3) is 0 Å². The number of para-hydroxylation sites is 1. The minimum absolute atomic E-state index is 0.382. The summed E-state index contributed by atoms with van der Waals surface area (Å²) in [5, 5.41) is 17.2. The summed E-state index contributed by atoms with van der Waals surface area (Å²) in [6, 6.07) is 13.1. The van der Waals surface area contributed by atoms with Crippen LogP contribution in [0, 0.1) is 13.8 Å². The largest absolute Gasteiger partial charge is 0.339 e. The number of anilines is 1. The van der Waals surface area contributed by atoms with Crippen molar-refractivity contribution in [3.63, 3.8) is 0 Å². The highest BCUT2D eigenvalue weighted by atomic mass is 16.2. The van der Waals surface area contributed by atoms with Crippen LogP contribution in [-0.2, 0) is 0 Å². The van der Waals surface area contributed by atoms with E-state index >= 15 is 0 Å². The molecule has 3 N–H and O–H groups in total. The summed E-state index contributed by atoms with van der Waals surface area (Å²) in [7, 11) is 0. The number of rotatable bonds is 4. The maximum absolute atomic E-state index is 12.0. The molecule has 0 bridgehead atoms. The molecule has 1 heterocycles. The van der Waals surface area contributed by atoms with Crippen LogP contribution in [0.5, 0.6) is 0 Å². The van der Waals surface area contributed by atoms with E-state index < -0.39 is 0 Å². The molecule has 126 valence electrons. The molecule has 0 fully saturated rings. The SMILES string of the molecule is Cc1cccc(C)c1NC(=O)NN=Cc1ccc(-c2cn[nH]n2)cc1. The normalized spacial score (nSPS) is 10.8. The zero-order valence-corrected chi connectivity index (χ0v) is 13.9. The predicted molar refractivity (Wildman–Crippen MR) is 97.5 cm³/mol. The molecule has 0 aliphatic heterocycles. The second-order valence-electron chi connectivity index (χ2n) is 5.57. The fraction of sp³-hybridized carbons (Fsp3) is 0.111. The van der Waals surface area contributed by atoms with Crippen molar-refractivity contribution in [2.24, 2.45) is 5.10 Å². The van der Waals surface area contributed by atoms with E-state index in [2.05, 4.69) is 31.3 Å². The Hall–Kier alpha value is -3.48. The van der Waals surface area contributed by atoms with Gasteiger partial charge in [-0.15, -0.1) is 0 Å². The molecule has 25 heavy (non-hydrogen) atoms. The monoisotopic (exact) mass is 334 g/mol. The molecule has 0 aliphatic carbocycles. The lowest BCUT2D eigenvalue weighted by Gasteiger charge is -2.10. The Morgan fingerprint density at radius 1 is 1.12 bits per heavy atom. The Morgan fingerprint density at radius 3 is 2.48 bits per heavy atom. The molecule has 0 saturated carbocycles. The number of urea groups is 1. The third-order valence-electron chi connectivity index (χ3n) is 3.72. The Morgan fingerprint density at radius 2 is 1.84 bits per heavy atom. The molecule has 0 saturated heterocycles. The van der Waals surface area contributed by atoms with Crippen LogP contribution < -0.4 is 10.7 Å². The van der Waals surface area contributed by atoms with Crippen molar-refractivity contribution in [2.75, 3.05) is 5.32 Å². The van der Waals surface area contributed by atoms with E-state index in [1.54, 1.807) is 12.4 Å². The summed E-state index contributed by atoms with van der Waals surface area (Å²) in [5.41, 5.74) is 7.86. The highest BCUT2D eigenvalue weighted by molar-refractivity contribution is 5.92. The zero-order valence-electron chi connectivity index (χ0n) is 13.9. The number of benzene rings is 2. The number of aryl methyl sites for hydroxylation is 2. The Kier molecular flexibility index (Phi) is 4.84. The van der Waals surface area contributed by atoms with Gasteiger partial charge in [0, 0.05) is 11.3 Å². The highest BCUT2D eigenvalue weighted by Crippen LogP contribution is 2.19. The van der Waals surface area contributed by atoms with Gasteiger partial charge in [-0.05, 0) is 30.5 Å². The number of nitrogens with one attached hydrogen (secondary N) is 3. The second-order valence-corrected chi connectivity index (χ2v) is 5.57. The number of carbonyl (C=O) groups excluding carboxylic acids is 1. The second kappa shape index (κ2) is 7.39. The summed E-state index contributed by atoms with van der Waals surface area (Å²) in [4.78, 5) is 12.0. The molecule has 3 aromatic rings. The smallest absolute Gasteiger partial charge is 0.306 e. The van der Waals surface area contributed by atoms with Gasteiger partial charge >= 0.3 is 6.03 Å². The third kappa shape index (κ3) is 4.08. The van der Waals surface area contributed by atoms with Crippen molar-refractivity contribution < 1.29 is 4.79 Å². The fourth-order valence-electron chi connectivity index (χ4n) is 2.40. The molecule has 0 radical (unpaired) electrons. The lowest BCUT2D eigenvalue weighted by atomic mass is 10.1. The van der Waals surface area contributed by atoms with E-state index in [1.165, 1.54) is 0 Å². The summed E-state index contributed by atoms with van der Waals surface area (Å²) in [5.74, 6) is 0. The number of nitrogens with zero attached hydrogens (tertiary/aromatic N) is 3. The average molecular weight is 334 g/mol. The highest BCUT2D eigenvalue weighted by Gasteiger charge is 2.05. The number of amides is 2. The van der Waals surface area contributed by atoms with Crippen LogP contribution in [0.15, 0.2) is 53.8 Å². The number of H-pyrrole nitrogens is 1. The minimum atomic E-state index is -0.382. The molecule has 3 rings (SSSR count). The quantitative estimate of drug-likeness (QED) is 0.505. The number of hydrogen-bond acceptors (Lipinski definition) is 4. The maximum Gasteiger partial charge on any atom is 0.339 e. The Labute approximate surface area is 145 Å². The van der Waals surface area contributed by atoms with Crippen LogP contribution in [0.4, 0.5) is 10.5 Å². The van der Waals surface area contributed by atoms with Gasteiger partial charge in [0.05, 0.1) is 12.4 Å². The van der Waals surface area contributed by atoms with Crippen molar-refractivity contribution in [1.29, 1.82) is 0 Å². The molecular formula is C18H18N6O. The van der Waals surface area contributed by atoms with E-state index in [9.17, 15) is 4.79 Å². The van der Waals surface area contributed by atoms with Crippen LogP contribution >= 0.6 is 0 Å². The maximum atomic E-state index is 12.0. The molecule has 2 aromatic carbocycles. The van der Waals surface area contributed by atoms with Crippen LogP contribution in [0.3, 0.4) is 0 Å². The number of hydrogen-bond donors (Lipinski definition) is 3. The topological polar surface area (TPSA) is 95.1 Å². The first kappa shape index (κ1) is 16.4. The van der Waals surface area contributed by atoms with Crippen LogP contribution in [-0.4, -0.2) is 27.7 Å². The summed E-state index contributed by atoms with van der Waals surface area (Å²) in [6.45, 7) is 3.89. The van der Waals surface area contributed by atoms with Gasteiger partial charge in [0.1, 0.15) is 5.69 Å². The number of hydrazone groups is 1. The van der Waals surface area contributed by atoms with E-state index in [0.29, 0.717) is 0 Å². The Balaban J connectivity index is 1.58. The molecule has 2 amide bonds. The molecule has 7 heteroatoms. The Bertz CT molecular complexity index is 864. The number of aromatic nitrogens is 3. The number of carbonyl (C=O) groups is 1. The van der Waals surface area contributed by atoms with Gasteiger partial charge < -0.3 is 5.32 Å². The summed E-state index contributed by atoms with van der Waals surface area (Å²) < 4.78 is 0. The third-order valence-corrected chi connectivity index (χ3v) is 3.72. The van der Waals surface area contributed by atoms with Crippen molar-refractivity contribution >= 4 is 17.9 Å². The van der Waals surface area contributed by atoms with E-state index in [4.69, 9.17) is 0 Å². The minimum Gasteiger partial charge on any atom is -0.306 e. The lowest BCUT2D eigenvalue weighted by molar-refractivity contribution is 0.252. The van der Waals surface area contributed by atoms with Gasteiger partial charge in [0.15, 0.2) is 0 Å². The molecule has 7 nitrogen and oxygen atoms in total. The van der Waals surface area contributed by atoms with Crippen molar-refractivity contribution in [1.82, 2.24) is 20.8 Å². The van der Waals surface area contributed by atoms with Crippen LogP contribution in [0.25, 0.3) is 11.3 Å². The van der Waals surface area contributed by atoms with Crippen LogP contribution in [0.2, 0.25) is 0 Å². The first-order chi connectivity index (χ1) is 12.1. The van der Waals surface area contributed by atoms with Crippen molar-refractivity contribution in [2.45, 2.75) is 13.8 Å². The molecule has 1 aromatic heterocycles. The summed E-state index contributed by atoms with van der Waals surface area (Å²) in [6.07, 6.45) is 3.24. The first-order valence-electron chi connectivity index (χ1n) is 7.76. The van der Waals surface area contributed by atoms with E-state index in [1.807, 2.05) is 56.3 Å². The van der Waals surface area contributed by atoms with E-state index in [0.717, 1.165) is 33.6 Å². The van der Waals surface area contributed by atoms with Crippen molar-refractivity contribution in [3.8, 4) is 11.3 Å². The predicted octanol–water partition coefficient (Wildman–Crippen LogP) is 3.24. The number of aromatic amines is 1. The molecule has 0 unspecified atom stereocenters. The zero-order chi connectivity index (χ0) is 17.6.